The number of aryl methyl sites for hydroxylation is 1. The van der Waals surface area contributed by atoms with Crippen LogP contribution in [0, 0.1) is 0 Å². The molecular weight excluding hydrogens is 106 g/mol. The molecule has 0 aliphatic carbocycles. The van der Waals surface area contributed by atoms with Gasteiger partial charge in [0.15, 0.2) is 5.82 Å². The average Bonchev–Trinajstić information content (AvgIpc) is 2.14. The minimum Gasteiger partial charge on any atom is -0.324 e. The number of nitrogens with zero attached hydrogens (tertiary/aromatic N) is 4. The summed E-state index contributed by atoms with van der Waals surface area (Å²) in [6.07, 6.45) is 0. The number of rotatable bonds is 1. The Morgan fingerprint density at radius 2 is 2.50 bits per heavy atom. The van der Waals surface area contributed by atoms with Crippen LogP contribution in [0.4, 0.5) is 0 Å². The summed E-state index contributed by atoms with van der Waals surface area (Å²) in [6, 6.07) is 0. The van der Waals surface area contributed by atoms with Crippen molar-refractivity contribution in [2.24, 2.45) is 12.8 Å². The highest BCUT2D eigenvalue weighted by molar-refractivity contribution is 4.75. The van der Waals surface area contributed by atoms with Gasteiger partial charge in [-0.05, 0) is 10.4 Å². The molecule has 0 spiro atoms. The van der Waals surface area contributed by atoms with Gasteiger partial charge in [0.05, 0.1) is 6.54 Å². The summed E-state index contributed by atoms with van der Waals surface area (Å²) in [5, 5.41) is 10.5. The van der Waals surface area contributed by atoms with E-state index in [9.17, 15) is 0 Å². The first-order valence-corrected chi connectivity index (χ1v) is 2.26. The standard InChI is InChI=1S/C3H7N5/c1-8-3(2-4)5-6-7-8/h2,4H2,1H3. The van der Waals surface area contributed by atoms with Crippen LogP contribution >= 0.6 is 0 Å². The smallest absolute Gasteiger partial charge is 0.164 e. The Hall–Kier alpha value is -0.970. The van der Waals surface area contributed by atoms with E-state index in [0.29, 0.717) is 12.4 Å². The van der Waals surface area contributed by atoms with Gasteiger partial charge < -0.3 is 5.73 Å². The molecule has 44 valence electrons. The van der Waals surface area contributed by atoms with Crippen molar-refractivity contribution >= 4 is 0 Å². The molecule has 8 heavy (non-hydrogen) atoms. The van der Waals surface area contributed by atoms with Crippen molar-refractivity contribution in [2.75, 3.05) is 0 Å². The van der Waals surface area contributed by atoms with Crippen molar-refractivity contribution in [1.29, 1.82) is 0 Å². The highest BCUT2D eigenvalue weighted by atomic mass is 15.5. The lowest BCUT2D eigenvalue weighted by molar-refractivity contribution is 0.678. The fraction of sp³-hybridized carbons (Fsp3) is 0.667. The van der Waals surface area contributed by atoms with Crippen LogP contribution in [0.25, 0.3) is 0 Å². The maximum Gasteiger partial charge on any atom is 0.164 e. The number of aromatic nitrogens is 4. The van der Waals surface area contributed by atoms with Gasteiger partial charge in [0.2, 0.25) is 0 Å². The maximum absolute atomic E-state index is 5.23. The average molecular weight is 113 g/mol. The molecular formula is C3H7N5. The molecule has 0 amide bonds. The second-order valence-corrected chi connectivity index (χ2v) is 1.42. The van der Waals surface area contributed by atoms with E-state index in [1.807, 2.05) is 0 Å². The Kier molecular flexibility index (Phi) is 1.21. The lowest BCUT2D eigenvalue weighted by atomic mass is 10.6. The van der Waals surface area contributed by atoms with Gasteiger partial charge in [0.1, 0.15) is 0 Å². The molecule has 0 radical (unpaired) electrons. The molecule has 0 saturated carbocycles. The summed E-state index contributed by atoms with van der Waals surface area (Å²) in [7, 11) is 1.75. The molecule has 1 heterocycles. The molecule has 0 fully saturated rings. The van der Waals surface area contributed by atoms with E-state index in [2.05, 4.69) is 15.5 Å². The van der Waals surface area contributed by atoms with Crippen molar-refractivity contribution < 1.29 is 0 Å². The Morgan fingerprint density at radius 1 is 1.75 bits per heavy atom. The summed E-state index contributed by atoms with van der Waals surface area (Å²) < 4.78 is 1.54. The second-order valence-electron chi connectivity index (χ2n) is 1.42. The normalized spacial score (nSPS) is 9.75. The Labute approximate surface area is 46.5 Å². The van der Waals surface area contributed by atoms with E-state index in [1.54, 1.807) is 11.7 Å². The van der Waals surface area contributed by atoms with Crippen LogP contribution in [0.1, 0.15) is 5.82 Å². The third-order valence-corrected chi connectivity index (χ3v) is 0.890. The zero-order valence-electron chi connectivity index (χ0n) is 4.57. The highest BCUT2D eigenvalue weighted by Crippen LogP contribution is 1.81. The van der Waals surface area contributed by atoms with E-state index in [0.717, 1.165) is 0 Å². The fourth-order valence-corrected chi connectivity index (χ4v) is 0.421. The monoisotopic (exact) mass is 113 g/mol. The summed E-state index contributed by atoms with van der Waals surface area (Å²) in [4.78, 5) is 0. The minimum absolute atomic E-state index is 0.392. The van der Waals surface area contributed by atoms with Gasteiger partial charge in [-0.1, -0.05) is 0 Å². The molecule has 0 aromatic carbocycles. The first-order valence-electron chi connectivity index (χ1n) is 2.26. The quantitative estimate of drug-likeness (QED) is 0.489. The fourth-order valence-electron chi connectivity index (χ4n) is 0.421. The molecule has 1 aromatic rings. The molecule has 0 bridgehead atoms. The van der Waals surface area contributed by atoms with E-state index >= 15 is 0 Å². The van der Waals surface area contributed by atoms with Gasteiger partial charge in [-0.25, -0.2) is 4.68 Å². The van der Waals surface area contributed by atoms with Crippen molar-refractivity contribution in [3.63, 3.8) is 0 Å². The van der Waals surface area contributed by atoms with Gasteiger partial charge in [-0.3, -0.25) is 0 Å². The van der Waals surface area contributed by atoms with Crippen molar-refractivity contribution in [2.45, 2.75) is 6.54 Å². The van der Waals surface area contributed by atoms with Crippen LogP contribution in [-0.2, 0) is 13.6 Å². The first-order chi connectivity index (χ1) is 3.84. The highest BCUT2D eigenvalue weighted by Gasteiger charge is 1.94. The Morgan fingerprint density at radius 3 is 2.75 bits per heavy atom. The lowest BCUT2D eigenvalue weighted by Gasteiger charge is -1.87. The number of nitrogens with two attached hydrogens (primary N) is 1. The van der Waals surface area contributed by atoms with Crippen molar-refractivity contribution in [3.8, 4) is 0 Å². The Bertz CT molecular complexity index is 168. The van der Waals surface area contributed by atoms with Crippen LogP contribution < -0.4 is 5.73 Å². The van der Waals surface area contributed by atoms with Gasteiger partial charge >= 0.3 is 0 Å². The van der Waals surface area contributed by atoms with E-state index in [1.165, 1.54) is 0 Å². The molecule has 2 N–H and O–H groups in total. The molecule has 0 unspecified atom stereocenters. The largest absolute Gasteiger partial charge is 0.324 e. The van der Waals surface area contributed by atoms with Gasteiger partial charge in [-0.2, -0.15) is 0 Å². The maximum atomic E-state index is 5.23. The minimum atomic E-state index is 0.392. The predicted octanol–water partition coefficient (Wildman–Crippen LogP) is -1.33. The summed E-state index contributed by atoms with van der Waals surface area (Å²) in [6.45, 7) is 0.392. The van der Waals surface area contributed by atoms with Crippen molar-refractivity contribution in [3.05, 3.63) is 5.82 Å². The topological polar surface area (TPSA) is 69.6 Å². The van der Waals surface area contributed by atoms with E-state index in [-0.39, 0.29) is 0 Å². The third-order valence-electron chi connectivity index (χ3n) is 0.890. The summed E-state index contributed by atoms with van der Waals surface area (Å²) in [5.74, 6) is 0.699. The summed E-state index contributed by atoms with van der Waals surface area (Å²) >= 11 is 0. The molecule has 1 aromatic heterocycles. The SMILES string of the molecule is Cn1nnnc1CN. The Balaban J connectivity index is 2.92. The van der Waals surface area contributed by atoms with E-state index < -0.39 is 0 Å². The van der Waals surface area contributed by atoms with Crippen LogP contribution in [0.2, 0.25) is 0 Å². The second kappa shape index (κ2) is 1.87. The van der Waals surface area contributed by atoms with Gasteiger partial charge in [-0.15, -0.1) is 5.10 Å². The predicted molar refractivity (Wildman–Crippen MR) is 26.7 cm³/mol. The molecule has 1 rings (SSSR count). The van der Waals surface area contributed by atoms with Crippen LogP contribution in [0.5, 0.6) is 0 Å². The van der Waals surface area contributed by atoms with Crippen LogP contribution in [0.15, 0.2) is 0 Å². The number of tetrazole rings is 1. The first kappa shape index (κ1) is 5.17. The lowest BCUT2D eigenvalue weighted by Crippen LogP contribution is -2.05. The zero-order valence-corrected chi connectivity index (χ0v) is 4.57. The van der Waals surface area contributed by atoms with E-state index in [4.69, 9.17) is 5.73 Å². The molecule has 0 atom stereocenters. The summed E-state index contributed by atoms with van der Waals surface area (Å²) in [5.41, 5.74) is 5.23. The number of hydrogen-bond acceptors (Lipinski definition) is 4. The molecule has 0 aliphatic rings. The molecule has 0 aliphatic heterocycles. The van der Waals surface area contributed by atoms with Crippen molar-refractivity contribution in [1.82, 2.24) is 20.2 Å². The van der Waals surface area contributed by atoms with Gasteiger partial charge in [0.25, 0.3) is 0 Å². The van der Waals surface area contributed by atoms with Crippen LogP contribution in [-0.4, -0.2) is 20.2 Å². The van der Waals surface area contributed by atoms with Gasteiger partial charge in [0, 0.05) is 7.05 Å². The molecule has 0 saturated heterocycles. The molecule has 5 heteroatoms. The number of hydrogen-bond donors (Lipinski definition) is 1. The zero-order chi connectivity index (χ0) is 5.98. The van der Waals surface area contributed by atoms with Crippen LogP contribution in [0.3, 0.4) is 0 Å². The molecule has 5 nitrogen and oxygen atoms in total. The third kappa shape index (κ3) is 0.671.